The molecule has 1 unspecified atom stereocenters. The maximum atomic E-state index is 12.0. The third-order valence-corrected chi connectivity index (χ3v) is 5.49. The fourth-order valence-corrected chi connectivity index (χ4v) is 3.61. The Labute approximate surface area is 139 Å². The number of carbonyl (C=O) groups excluding carboxylic acids is 2. The highest BCUT2D eigenvalue weighted by atomic mass is 32.2. The molecule has 1 N–H and O–H groups in total. The maximum Gasteiger partial charge on any atom is 0.230 e. The van der Waals surface area contributed by atoms with E-state index in [0.29, 0.717) is 17.3 Å². The zero-order valence-electron chi connectivity index (χ0n) is 13.2. The number of aromatic nitrogens is 2. The Hall–Kier alpha value is -1.15. The van der Waals surface area contributed by atoms with Crippen molar-refractivity contribution in [2.24, 2.45) is 0 Å². The van der Waals surface area contributed by atoms with Crippen molar-refractivity contribution < 1.29 is 9.59 Å². The van der Waals surface area contributed by atoms with Gasteiger partial charge < -0.3 is 5.32 Å². The lowest BCUT2D eigenvalue weighted by atomic mass is 10.3. The molecule has 0 saturated heterocycles. The van der Waals surface area contributed by atoms with Crippen LogP contribution in [0.15, 0.2) is 4.34 Å². The van der Waals surface area contributed by atoms with Crippen LogP contribution in [0.25, 0.3) is 0 Å². The molecule has 2 rings (SSSR count). The Morgan fingerprint density at radius 1 is 1.41 bits per heavy atom. The number of anilines is 1. The fourth-order valence-electron chi connectivity index (χ4n) is 1.87. The molecule has 2 amide bonds. The molecule has 0 bridgehead atoms. The van der Waals surface area contributed by atoms with Crippen LogP contribution < -0.4 is 10.2 Å². The number of amides is 2. The molecule has 1 aliphatic carbocycles. The highest BCUT2D eigenvalue weighted by Crippen LogP contribution is 2.36. The van der Waals surface area contributed by atoms with Gasteiger partial charge in [0.25, 0.3) is 0 Å². The van der Waals surface area contributed by atoms with Crippen LogP contribution in [0.1, 0.15) is 46.5 Å². The molecule has 0 spiro atoms. The lowest BCUT2D eigenvalue weighted by molar-refractivity contribution is -0.119. The molecule has 1 heterocycles. The van der Waals surface area contributed by atoms with Crippen molar-refractivity contribution in [3.05, 3.63) is 0 Å². The van der Waals surface area contributed by atoms with Crippen LogP contribution in [0.2, 0.25) is 0 Å². The van der Waals surface area contributed by atoms with Gasteiger partial charge >= 0.3 is 0 Å². The third-order valence-electron chi connectivity index (χ3n) is 3.43. The summed E-state index contributed by atoms with van der Waals surface area (Å²) in [5, 5.41) is 11.8. The Bertz CT molecular complexity index is 531. The van der Waals surface area contributed by atoms with Gasteiger partial charge in [-0.05, 0) is 26.2 Å². The van der Waals surface area contributed by atoms with Gasteiger partial charge in [0.1, 0.15) is 0 Å². The second kappa shape index (κ2) is 7.92. The molecule has 0 radical (unpaired) electrons. The van der Waals surface area contributed by atoms with E-state index in [-0.39, 0.29) is 23.9 Å². The average molecular weight is 342 g/mol. The molecule has 122 valence electrons. The maximum absolute atomic E-state index is 12.0. The summed E-state index contributed by atoms with van der Waals surface area (Å²) in [7, 11) is 0. The number of thioether (sulfide) groups is 1. The van der Waals surface area contributed by atoms with E-state index in [1.807, 2.05) is 20.8 Å². The van der Waals surface area contributed by atoms with E-state index in [2.05, 4.69) is 15.5 Å². The molecule has 1 fully saturated rings. The van der Waals surface area contributed by atoms with Crippen molar-refractivity contribution in [2.75, 3.05) is 10.7 Å². The lowest BCUT2D eigenvalue weighted by Gasteiger charge is -2.17. The van der Waals surface area contributed by atoms with Crippen molar-refractivity contribution in [1.29, 1.82) is 0 Å². The van der Waals surface area contributed by atoms with Crippen LogP contribution in [-0.4, -0.2) is 39.8 Å². The van der Waals surface area contributed by atoms with Gasteiger partial charge in [-0.25, -0.2) is 0 Å². The van der Waals surface area contributed by atoms with Crippen molar-refractivity contribution in [2.45, 2.75) is 62.9 Å². The van der Waals surface area contributed by atoms with Gasteiger partial charge in [-0.2, -0.15) is 0 Å². The smallest absolute Gasteiger partial charge is 0.230 e. The van der Waals surface area contributed by atoms with Gasteiger partial charge in [-0.15, -0.1) is 10.2 Å². The number of hydrogen-bond donors (Lipinski definition) is 1. The molecule has 8 heteroatoms. The molecule has 6 nitrogen and oxygen atoms in total. The first-order valence-corrected chi connectivity index (χ1v) is 9.43. The van der Waals surface area contributed by atoms with E-state index in [4.69, 9.17) is 0 Å². The normalized spacial score (nSPS) is 15.4. The number of hydrogen-bond acceptors (Lipinski definition) is 6. The summed E-state index contributed by atoms with van der Waals surface area (Å²) in [6.45, 7) is 5.87. The summed E-state index contributed by atoms with van der Waals surface area (Å²) in [6.07, 6.45) is 3.45. The highest BCUT2D eigenvalue weighted by Gasteiger charge is 2.35. The number of carbonyl (C=O) groups is 2. The molecule has 1 aromatic heterocycles. The van der Waals surface area contributed by atoms with Crippen LogP contribution >= 0.6 is 23.1 Å². The third kappa shape index (κ3) is 4.67. The Balaban J connectivity index is 1.90. The topological polar surface area (TPSA) is 75.2 Å². The van der Waals surface area contributed by atoms with Crippen molar-refractivity contribution in [3.63, 3.8) is 0 Å². The Morgan fingerprint density at radius 3 is 2.73 bits per heavy atom. The molecular weight excluding hydrogens is 320 g/mol. The molecule has 22 heavy (non-hydrogen) atoms. The first kappa shape index (κ1) is 17.2. The van der Waals surface area contributed by atoms with Gasteiger partial charge in [0.05, 0.1) is 5.75 Å². The molecule has 1 saturated carbocycles. The van der Waals surface area contributed by atoms with E-state index in [1.54, 1.807) is 4.90 Å². The van der Waals surface area contributed by atoms with E-state index < -0.39 is 0 Å². The minimum atomic E-state index is -0.000200. The van der Waals surface area contributed by atoms with Gasteiger partial charge in [0.15, 0.2) is 4.34 Å². The first-order valence-electron chi connectivity index (χ1n) is 7.62. The van der Waals surface area contributed by atoms with Crippen LogP contribution in [0.3, 0.4) is 0 Å². The van der Waals surface area contributed by atoms with Crippen LogP contribution in [-0.2, 0) is 9.59 Å². The van der Waals surface area contributed by atoms with E-state index in [9.17, 15) is 9.59 Å². The van der Waals surface area contributed by atoms with E-state index in [1.165, 1.54) is 23.1 Å². The summed E-state index contributed by atoms with van der Waals surface area (Å²) >= 11 is 2.75. The second-order valence-electron chi connectivity index (χ2n) is 5.36. The van der Waals surface area contributed by atoms with E-state index >= 15 is 0 Å². The SMILES string of the molecule is CCC(=O)N(c1nnc(SCC(=O)NC(C)CC)s1)C1CC1. The van der Waals surface area contributed by atoms with Gasteiger partial charge in [-0.3, -0.25) is 14.5 Å². The standard InChI is InChI=1S/C14H22N4O2S2/c1-4-9(3)15-11(19)8-21-14-17-16-13(22-14)18(10-6-7-10)12(20)5-2/h9-10H,4-8H2,1-3H3,(H,15,19). The summed E-state index contributed by atoms with van der Waals surface area (Å²) in [5.41, 5.74) is 0. The van der Waals surface area contributed by atoms with Gasteiger partial charge in [0, 0.05) is 18.5 Å². The van der Waals surface area contributed by atoms with Crippen molar-refractivity contribution in [3.8, 4) is 0 Å². The predicted molar refractivity (Wildman–Crippen MR) is 89.3 cm³/mol. The lowest BCUT2D eigenvalue weighted by Crippen LogP contribution is -2.33. The van der Waals surface area contributed by atoms with Crippen molar-refractivity contribution >= 4 is 40.0 Å². The average Bonchev–Trinajstić information content (AvgIpc) is 3.23. The Morgan fingerprint density at radius 2 is 2.14 bits per heavy atom. The van der Waals surface area contributed by atoms with Crippen LogP contribution in [0.4, 0.5) is 5.13 Å². The second-order valence-corrected chi connectivity index (χ2v) is 7.54. The zero-order valence-corrected chi connectivity index (χ0v) is 14.8. The quantitative estimate of drug-likeness (QED) is 0.580. The molecular formula is C14H22N4O2S2. The Kier molecular flexibility index (Phi) is 6.19. The number of nitrogens with zero attached hydrogens (tertiary/aromatic N) is 3. The molecule has 0 aliphatic heterocycles. The number of rotatable bonds is 8. The monoisotopic (exact) mass is 342 g/mol. The van der Waals surface area contributed by atoms with Gasteiger partial charge in [-0.1, -0.05) is 36.9 Å². The summed E-state index contributed by atoms with van der Waals surface area (Å²) in [5.74, 6) is 0.411. The summed E-state index contributed by atoms with van der Waals surface area (Å²) < 4.78 is 0.726. The fraction of sp³-hybridized carbons (Fsp3) is 0.714. The number of nitrogens with one attached hydrogen (secondary N) is 1. The van der Waals surface area contributed by atoms with E-state index in [0.717, 1.165) is 23.6 Å². The molecule has 1 atom stereocenters. The van der Waals surface area contributed by atoms with Crippen LogP contribution in [0.5, 0.6) is 0 Å². The van der Waals surface area contributed by atoms with Crippen molar-refractivity contribution in [1.82, 2.24) is 15.5 Å². The van der Waals surface area contributed by atoms with Gasteiger partial charge in [0.2, 0.25) is 16.9 Å². The summed E-state index contributed by atoms with van der Waals surface area (Å²) in [6, 6.07) is 0.470. The predicted octanol–water partition coefficient (Wildman–Crippen LogP) is 2.45. The first-order chi connectivity index (χ1) is 10.5. The summed E-state index contributed by atoms with van der Waals surface area (Å²) in [4.78, 5) is 25.5. The minimum absolute atomic E-state index is 0.000200. The molecule has 1 aliphatic rings. The van der Waals surface area contributed by atoms with Crippen LogP contribution in [0, 0.1) is 0 Å². The zero-order chi connectivity index (χ0) is 16.1. The molecule has 0 aromatic carbocycles. The largest absolute Gasteiger partial charge is 0.353 e. The molecule has 1 aromatic rings. The highest BCUT2D eigenvalue weighted by molar-refractivity contribution is 8.01. The minimum Gasteiger partial charge on any atom is -0.353 e.